The Hall–Kier alpha value is -3.20. The first-order valence-corrected chi connectivity index (χ1v) is 14.3. The lowest BCUT2D eigenvalue weighted by molar-refractivity contribution is 0.0981. The summed E-state index contributed by atoms with van der Waals surface area (Å²) in [6.45, 7) is 11.3. The number of aromatic nitrogens is 3. The molecule has 1 amide bonds. The number of pyridine rings is 1. The maximum atomic E-state index is 13.4. The van der Waals surface area contributed by atoms with Crippen LogP contribution in [0.25, 0.3) is 0 Å². The molecule has 4 heterocycles. The minimum absolute atomic E-state index is 0.112. The zero-order valence-electron chi connectivity index (χ0n) is 22.1. The summed E-state index contributed by atoms with van der Waals surface area (Å²) in [4.78, 5) is 20.6. The lowest BCUT2D eigenvalue weighted by Gasteiger charge is -2.34. The van der Waals surface area contributed by atoms with E-state index in [4.69, 9.17) is 4.98 Å². The monoisotopic (exact) mass is 521 g/mol. The molecule has 0 spiro atoms. The Bertz CT molecular complexity index is 1420. The second-order valence-electron chi connectivity index (χ2n) is 11.9. The topological polar surface area (TPSA) is 97.2 Å². The molecule has 2 atom stereocenters. The number of benzene rings is 1. The maximum absolute atomic E-state index is 13.4. The molecule has 0 aliphatic carbocycles. The number of amides is 1. The van der Waals surface area contributed by atoms with Crippen LogP contribution in [0.3, 0.4) is 0 Å². The predicted molar refractivity (Wildman–Crippen MR) is 143 cm³/mol. The molecule has 37 heavy (non-hydrogen) atoms. The number of nitrogens with one attached hydrogen (secondary N) is 1. The normalized spacial score (nSPS) is 23.2. The molecule has 4 bridgehead atoms. The van der Waals surface area contributed by atoms with Crippen molar-refractivity contribution in [1.82, 2.24) is 19.5 Å². The number of carbonyl (C=O) groups is 1. The largest absolute Gasteiger partial charge is 0.351 e. The van der Waals surface area contributed by atoms with Gasteiger partial charge in [-0.1, -0.05) is 51.1 Å². The molecule has 3 aromatic rings. The Balaban J connectivity index is 1.64. The number of rotatable bonds is 1. The van der Waals surface area contributed by atoms with Crippen molar-refractivity contribution in [2.24, 2.45) is 5.92 Å². The molecule has 0 radical (unpaired) electrons. The third kappa shape index (κ3) is 4.89. The molecule has 2 aromatic heterocycles. The van der Waals surface area contributed by atoms with Crippen molar-refractivity contribution in [3.63, 3.8) is 0 Å². The summed E-state index contributed by atoms with van der Waals surface area (Å²) >= 11 is 0. The highest BCUT2D eigenvalue weighted by atomic mass is 32.2. The quantitative estimate of drug-likeness (QED) is 0.499. The Morgan fingerprint density at radius 1 is 1.03 bits per heavy atom. The summed E-state index contributed by atoms with van der Waals surface area (Å²) in [7, 11) is -4.18. The molecule has 1 N–H and O–H groups in total. The van der Waals surface area contributed by atoms with Crippen LogP contribution in [0.4, 0.5) is 5.82 Å². The van der Waals surface area contributed by atoms with E-state index >= 15 is 0 Å². The molecule has 2 aliphatic rings. The number of sulfonamides is 1. The van der Waals surface area contributed by atoms with E-state index < -0.39 is 15.9 Å². The molecule has 5 rings (SSSR count). The Morgan fingerprint density at radius 2 is 1.76 bits per heavy atom. The molecule has 8 nitrogen and oxygen atoms in total. The van der Waals surface area contributed by atoms with Gasteiger partial charge in [-0.2, -0.15) is 13.5 Å². The fourth-order valence-electron chi connectivity index (χ4n) is 5.59. The molecule has 196 valence electrons. The van der Waals surface area contributed by atoms with Gasteiger partial charge in [0.15, 0.2) is 5.03 Å². The molecular weight excluding hydrogens is 486 g/mol. The first kappa shape index (κ1) is 25.4. The molecule has 0 saturated carbocycles. The number of anilines is 1. The molecule has 2 aliphatic heterocycles. The fourth-order valence-corrected chi connectivity index (χ4v) is 6.49. The lowest BCUT2D eigenvalue weighted by atomic mass is 9.90. The van der Waals surface area contributed by atoms with Crippen molar-refractivity contribution < 1.29 is 13.2 Å². The van der Waals surface area contributed by atoms with Gasteiger partial charge in [0, 0.05) is 29.4 Å². The van der Waals surface area contributed by atoms with E-state index in [0.29, 0.717) is 11.7 Å². The van der Waals surface area contributed by atoms with Crippen molar-refractivity contribution >= 4 is 21.7 Å². The number of hydrogen-bond donors (Lipinski definition) is 1. The summed E-state index contributed by atoms with van der Waals surface area (Å²) in [5.74, 6) is 0.224. The van der Waals surface area contributed by atoms with E-state index in [1.807, 2.05) is 36.4 Å². The van der Waals surface area contributed by atoms with Crippen LogP contribution < -0.4 is 9.62 Å². The average molecular weight is 522 g/mol. The number of fused-ring (bicyclic) bond motifs is 6. The van der Waals surface area contributed by atoms with E-state index in [2.05, 4.69) is 49.3 Å². The second kappa shape index (κ2) is 8.97. The summed E-state index contributed by atoms with van der Waals surface area (Å²) in [5.41, 5.74) is 1.70. The predicted octanol–water partition coefficient (Wildman–Crippen LogP) is 4.68. The second-order valence-corrected chi connectivity index (χ2v) is 13.5. The smallest absolute Gasteiger partial charge is 0.283 e. The van der Waals surface area contributed by atoms with Gasteiger partial charge in [0.25, 0.3) is 15.9 Å². The van der Waals surface area contributed by atoms with Crippen LogP contribution >= 0.6 is 0 Å². The van der Waals surface area contributed by atoms with Crippen LogP contribution in [0.2, 0.25) is 0 Å². The summed E-state index contributed by atoms with van der Waals surface area (Å²) < 4.78 is 30.4. The van der Waals surface area contributed by atoms with E-state index in [0.717, 1.165) is 37.1 Å². The molecular formula is C28H35N5O3S. The first-order valence-electron chi connectivity index (χ1n) is 12.8. The van der Waals surface area contributed by atoms with Crippen LogP contribution in [0.1, 0.15) is 81.5 Å². The van der Waals surface area contributed by atoms with Gasteiger partial charge in [0.1, 0.15) is 5.82 Å². The Kier molecular flexibility index (Phi) is 6.17. The lowest BCUT2D eigenvalue weighted by Crippen LogP contribution is -2.41. The Labute approximate surface area is 219 Å². The van der Waals surface area contributed by atoms with Crippen molar-refractivity contribution in [3.8, 4) is 0 Å². The summed E-state index contributed by atoms with van der Waals surface area (Å²) in [6.07, 6.45) is 4.38. The maximum Gasteiger partial charge on any atom is 0.283 e. The van der Waals surface area contributed by atoms with Gasteiger partial charge in [-0.25, -0.2) is 9.71 Å². The summed E-state index contributed by atoms with van der Waals surface area (Å²) in [5, 5.41) is 4.25. The van der Waals surface area contributed by atoms with E-state index in [1.54, 1.807) is 16.9 Å². The van der Waals surface area contributed by atoms with Crippen LogP contribution in [0.5, 0.6) is 0 Å². The third-order valence-corrected chi connectivity index (χ3v) is 8.76. The van der Waals surface area contributed by atoms with Crippen molar-refractivity contribution in [3.05, 3.63) is 71.5 Å². The highest BCUT2D eigenvalue weighted by molar-refractivity contribution is 7.90. The zero-order valence-corrected chi connectivity index (χ0v) is 22.9. The zero-order chi connectivity index (χ0) is 26.6. The molecule has 1 aromatic carbocycles. The fraction of sp³-hybridized carbons (Fsp3) is 0.464. The number of nitrogens with zero attached hydrogens (tertiary/aromatic N) is 4. The van der Waals surface area contributed by atoms with Crippen molar-refractivity contribution in [1.29, 1.82) is 0 Å². The summed E-state index contributed by atoms with van der Waals surface area (Å²) in [6, 6.07) is 14.9. The van der Waals surface area contributed by atoms with Crippen molar-refractivity contribution in [2.45, 2.75) is 75.9 Å². The van der Waals surface area contributed by atoms with Gasteiger partial charge >= 0.3 is 0 Å². The van der Waals surface area contributed by atoms with E-state index in [-0.39, 0.29) is 27.6 Å². The molecule has 1 saturated heterocycles. The van der Waals surface area contributed by atoms with E-state index in [1.165, 1.54) is 6.07 Å². The average Bonchev–Trinajstić information content (AvgIpc) is 3.43. The minimum atomic E-state index is -4.18. The van der Waals surface area contributed by atoms with E-state index in [9.17, 15) is 13.2 Å². The first-order chi connectivity index (χ1) is 17.3. The van der Waals surface area contributed by atoms with Gasteiger partial charge in [-0.15, -0.1) is 0 Å². The van der Waals surface area contributed by atoms with Crippen LogP contribution in [0.15, 0.2) is 59.8 Å². The van der Waals surface area contributed by atoms with Gasteiger partial charge in [-0.05, 0) is 62.8 Å². The van der Waals surface area contributed by atoms with Crippen LogP contribution in [-0.4, -0.2) is 41.2 Å². The minimum Gasteiger partial charge on any atom is -0.351 e. The standard InChI is InChI=1S/C28H35N5O3S/c1-27(2,3)23-14-12-21-25(29-23)32-18-19(17-28(32,4)5)11-13-22(20-9-7-6-8-10-20)33-16-15-24(30-33)37(35,36)31-26(21)34/h6-10,12,14-16,19,22H,11,13,17-18H2,1-5H3,(H,31,34)/t19-,22?/m1/s1. The number of hydrogen-bond acceptors (Lipinski definition) is 6. The van der Waals surface area contributed by atoms with Gasteiger partial charge in [0.2, 0.25) is 0 Å². The van der Waals surface area contributed by atoms with Crippen molar-refractivity contribution in [2.75, 3.05) is 11.4 Å². The van der Waals surface area contributed by atoms with Gasteiger partial charge in [0.05, 0.1) is 11.6 Å². The van der Waals surface area contributed by atoms with Gasteiger partial charge in [-0.3, -0.25) is 9.48 Å². The number of carbonyl (C=O) groups excluding carboxylic acids is 1. The molecule has 9 heteroatoms. The molecule has 1 unspecified atom stereocenters. The van der Waals surface area contributed by atoms with Crippen LogP contribution in [-0.2, 0) is 15.4 Å². The van der Waals surface area contributed by atoms with Crippen LogP contribution in [0, 0.1) is 5.92 Å². The van der Waals surface area contributed by atoms with Gasteiger partial charge < -0.3 is 4.90 Å². The SMILES string of the molecule is CC(C)(C)c1ccc2c(n1)N1C[C@H](CCC(c3ccccc3)n3ccc(n3)S(=O)(=O)NC2=O)CC1(C)C. The third-order valence-electron chi connectivity index (χ3n) is 7.54. The highest BCUT2D eigenvalue weighted by Crippen LogP contribution is 2.41. The molecule has 1 fully saturated rings. The highest BCUT2D eigenvalue weighted by Gasteiger charge is 2.41. The Morgan fingerprint density at radius 3 is 2.46 bits per heavy atom.